The first kappa shape index (κ1) is 21.1. The molecule has 7 heteroatoms. The Hall–Kier alpha value is -1.44. The highest BCUT2D eigenvalue weighted by Gasteiger charge is 2.80. The van der Waals surface area contributed by atoms with Gasteiger partial charge in [0.25, 0.3) is 0 Å². The molecular formula is C25H34O7. The number of aliphatic hydroxyl groups excluding tert-OH is 1. The molecule has 4 saturated carbocycles. The second-order valence-corrected chi connectivity index (χ2v) is 11.6. The molecule has 0 unspecified atom stereocenters. The van der Waals surface area contributed by atoms with E-state index in [1.807, 2.05) is 0 Å². The van der Waals surface area contributed by atoms with Gasteiger partial charge in [-0.2, -0.15) is 0 Å². The molecule has 0 amide bonds. The first-order valence-electron chi connectivity index (χ1n) is 12.3. The van der Waals surface area contributed by atoms with Crippen molar-refractivity contribution in [1.29, 1.82) is 0 Å². The van der Waals surface area contributed by atoms with Crippen LogP contribution in [0.2, 0.25) is 0 Å². The lowest BCUT2D eigenvalue weighted by Crippen LogP contribution is -2.67. The van der Waals surface area contributed by atoms with Crippen LogP contribution in [0.4, 0.5) is 0 Å². The van der Waals surface area contributed by atoms with Crippen LogP contribution in [0.25, 0.3) is 0 Å². The summed E-state index contributed by atoms with van der Waals surface area (Å²) in [4.78, 5) is 23.9. The molecule has 0 radical (unpaired) electrons. The summed E-state index contributed by atoms with van der Waals surface area (Å²) in [5.74, 6) is 0.0170. The van der Waals surface area contributed by atoms with Gasteiger partial charge >= 0.3 is 11.9 Å². The molecule has 1 saturated heterocycles. The number of hydrogen-bond acceptors (Lipinski definition) is 7. The third-order valence-corrected chi connectivity index (χ3v) is 10.5. The average Bonchev–Trinajstić information content (AvgIpc) is 3.35. The Kier molecular flexibility index (Phi) is 4.34. The summed E-state index contributed by atoms with van der Waals surface area (Å²) >= 11 is 0. The topological polar surface area (TPSA) is 102 Å². The fraction of sp³-hybridized carbons (Fsp3) is 0.840. The number of esters is 2. The minimum Gasteiger partial charge on any atom is -0.458 e. The van der Waals surface area contributed by atoms with Crippen LogP contribution in [-0.4, -0.2) is 52.4 Å². The number of cyclic esters (lactones) is 1. The average molecular weight is 447 g/mol. The van der Waals surface area contributed by atoms with Crippen molar-refractivity contribution in [3.63, 3.8) is 0 Å². The Labute approximate surface area is 188 Å². The minimum atomic E-state index is -1.09. The molecule has 4 aliphatic carbocycles. The lowest BCUT2D eigenvalue weighted by atomic mass is 9.42. The molecule has 7 nitrogen and oxygen atoms in total. The van der Waals surface area contributed by atoms with Crippen LogP contribution >= 0.6 is 0 Å². The molecule has 2 bridgehead atoms. The smallest absolute Gasteiger partial charge is 0.331 e. The fourth-order valence-electron chi connectivity index (χ4n) is 9.43. The van der Waals surface area contributed by atoms with Crippen molar-refractivity contribution in [3.8, 4) is 0 Å². The van der Waals surface area contributed by atoms with Crippen molar-refractivity contribution in [2.45, 2.75) is 95.2 Å². The Balaban J connectivity index is 1.43. The van der Waals surface area contributed by atoms with Crippen LogP contribution in [-0.2, 0) is 23.8 Å². The molecule has 6 aliphatic rings. The van der Waals surface area contributed by atoms with Gasteiger partial charge in [0, 0.05) is 25.3 Å². The highest BCUT2D eigenvalue weighted by atomic mass is 16.7. The van der Waals surface area contributed by atoms with Gasteiger partial charge in [-0.15, -0.1) is 0 Å². The zero-order chi connectivity index (χ0) is 22.5. The van der Waals surface area contributed by atoms with Crippen molar-refractivity contribution < 1.29 is 34.0 Å². The van der Waals surface area contributed by atoms with Gasteiger partial charge in [0.05, 0.1) is 22.7 Å². The predicted molar refractivity (Wildman–Crippen MR) is 112 cm³/mol. The minimum absolute atomic E-state index is 0.0216. The van der Waals surface area contributed by atoms with E-state index in [-0.39, 0.29) is 29.1 Å². The van der Waals surface area contributed by atoms with Gasteiger partial charge in [0.2, 0.25) is 6.29 Å². The van der Waals surface area contributed by atoms with Crippen LogP contribution in [0.15, 0.2) is 11.6 Å². The maximum absolute atomic E-state index is 12.1. The number of rotatable bonds is 2. The largest absolute Gasteiger partial charge is 0.458 e. The lowest BCUT2D eigenvalue weighted by molar-refractivity contribution is -0.241. The second kappa shape index (κ2) is 6.57. The summed E-state index contributed by atoms with van der Waals surface area (Å²) in [6, 6.07) is 0. The van der Waals surface area contributed by atoms with Crippen molar-refractivity contribution in [1.82, 2.24) is 0 Å². The van der Waals surface area contributed by atoms with E-state index in [0.29, 0.717) is 38.7 Å². The zero-order valence-electron chi connectivity index (χ0n) is 19.0. The predicted octanol–water partition coefficient (Wildman–Crippen LogP) is 2.63. The molecule has 2 N–H and O–H groups in total. The molecule has 9 atom stereocenters. The van der Waals surface area contributed by atoms with Crippen molar-refractivity contribution in [2.75, 3.05) is 6.61 Å². The van der Waals surface area contributed by atoms with Gasteiger partial charge < -0.3 is 24.4 Å². The lowest BCUT2D eigenvalue weighted by Gasteiger charge is -2.63. The van der Waals surface area contributed by atoms with E-state index in [4.69, 9.17) is 14.2 Å². The Bertz CT molecular complexity index is 899. The summed E-state index contributed by atoms with van der Waals surface area (Å²) in [5.41, 5.74) is -1.11. The Morgan fingerprint density at radius 1 is 1.12 bits per heavy atom. The third kappa shape index (κ3) is 2.43. The molecule has 2 aliphatic heterocycles. The SMILES string of the molecule is CC(=O)O[C@H]1O[C@]23CC[C@@]4(O)C[C@@H](O)CC[C@]14[C@@H]2CC[C@@]1(C)[C@H](C2=CC(=O)OC2)CC[C@@H]13. The Morgan fingerprint density at radius 2 is 1.94 bits per heavy atom. The van der Waals surface area contributed by atoms with Gasteiger partial charge in [-0.05, 0) is 74.2 Å². The van der Waals surface area contributed by atoms with E-state index >= 15 is 0 Å². The summed E-state index contributed by atoms with van der Waals surface area (Å²) in [5, 5.41) is 22.3. The third-order valence-electron chi connectivity index (χ3n) is 10.5. The van der Waals surface area contributed by atoms with Crippen LogP contribution in [0.1, 0.15) is 71.6 Å². The number of carbonyl (C=O) groups excluding carboxylic acids is 2. The van der Waals surface area contributed by atoms with Crippen molar-refractivity contribution >= 4 is 11.9 Å². The van der Waals surface area contributed by atoms with Gasteiger partial charge in [0.1, 0.15) is 6.61 Å². The van der Waals surface area contributed by atoms with E-state index in [2.05, 4.69) is 6.92 Å². The highest BCUT2D eigenvalue weighted by molar-refractivity contribution is 5.85. The van der Waals surface area contributed by atoms with Crippen LogP contribution in [0.5, 0.6) is 0 Å². The number of aliphatic hydroxyl groups is 2. The molecule has 0 aromatic heterocycles. The molecule has 32 heavy (non-hydrogen) atoms. The standard InChI is InChI=1S/C25H34O7/c1-14(26)31-21-24-8-5-16(27)12-23(24,29)9-10-25(32-21)18-4-3-17(15-11-20(28)30-13-15)22(18,2)7-6-19(24)25/h11,16-19,21,27,29H,3-10,12-13H2,1-2H3/t16-,17-,18-,19-,21-,22-,23+,24-,25-/m0/s1. The fourth-order valence-corrected chi connectivity index (χ4v) is 9.43. The number of ether oxygens (including phenoxy) is 3. The summed E-state index contributed by atoms with van der Waals surface area (Å²) in [7, 11) is 0. The van der Waals surface area contributed by atoms with Crippen molar-refractivity contribution in [3.05, 3.63) is 11.6 Å². The quantitative estimate of drug-likeness (QED) is 0.629. The zero-order valence-corrected chi connectivity index (χ0v) is 19.0. The molecule has 0 aromatic carbocycles. The van der Waals surface area contributed by atoms with Crippen LogP contribution in [0, 0.1) is 28.6 Å². The molecule has 0 aromatic rings. The van der Waals surface area contributed by atoms with E-state index in [0.717, 1.165) is 31.3 Å². The highest BCUT2D eigenvalue weighted by Crippen LogP contribution is 2.76. The molecule has 1 spiro atoms. The summed E-state index contributed by atoms with van der Waals surface area (Å²) in [6.07, 6.45) is 7.02. The van der Waals surface area contributed by atoms with Gasteiger partial charge in [-0.25, -0.2) is 4.79 Å². The monoisotopic (exact) mass is 446 g/mol. The first-order chi connectivity index (χ1) is 15.1. The Morgan fingerprint density at radius 3 is 2.66 bits per heavy atom. The number of fused-ring (bicyclic) bond motifs is 1. The maximum Gasteiger partial charge on any atom is 0.331 e. The van der Waals surface area contributed by atoms with Crippen molar-refractivity contribution in [2.24, 2.45) is 28.6 Å². The molecular weight excluding hydrogens is 412 g/mol. The van der Waals surface area contributed by atoms with Gasteiger partial charge in [-0.3, -0.25) is 4.79 Å². The van der Waals surface area contributed by atoms with E-state index in [9.17, 15) is 19.8 Å². The number of hydrogen-bond donors (Lipinski definition) is 2. The second-order valence-electron chi connectivity index (χ2n) is 11.6. The van der Waals surface area contributed by atoms with Gasteiger partial charge in [0.15, 0.2) is 0 Å². The summed E-state index contributed by atoms with van der Waals surface area (Å²) in [6.45, 7) is 4.13. The van der Waals surface area contributed by atoms with E-state index in [1.54, 1.807) is 6.08 Å². The van der Waals surface area contributed by atoms with E-state index < -0.39 is 35.0 Å². The number of carbonyl (C=O) groups is 2. The summed E-state index contributed by atoms with van der Waals surface area (Å²) < 4.78 is 17.9. The van der Waals surface area contributed by atoms with Gasteiger partial charge in [-0.1, -0.05) is 6.92 Å². The molecule has 5 fully saturated rings. The maximum atomic E-state index is 12.1. The van der Waals surface area contributed by atoms with Crippen LogP contribution < -0.4 is 0 Å². The first-order valence-corrected chi connectivity index (χ1v) is 12.3. The molecule has 2 heterocycles. The normalized spacial score (nSPS) is 53.7. The van der Waals surface area contributed by atoms with E-state index in [1.165, 1.54) is 6.92 Å². The van der Waals surface area contributed by atoms with Crippen LogP contribution in [0.3, 0.4) is 0 Å². The molecule has 6 rings (SSSR count). The molecule has 176 valence electrons.